The lowest BCUT2D eigenvalue weighted by Gasteiger charge is -2.21. The first kappa shape index (κ1) is 12.4. The molecule has 0 aliphatic carbocycles. The second-order valence-corrected chi connectivity index (χ2v) is 14.0. The van der Waals surface area contributed by atoms with Gasteiger partial charge in [0.05, 0.1) is 0 Å². The fraction of sp³-hybridized carbons (Fsp3) is 1.00. The standard InChI is InChI=1S/C9H24OSi2/c1-9(2)7-10-11(3)8-12(4,5)6/h9,11H,7-8H2,1-6H3. The molecule has 0 aromatic heterocycles. The van der Waals surface area contributed by atoms with Gasteiger partial charge in [0.2, 0.25) is 0 Å². The quantitative estimate of drug-likeness (QED) is 0.626. The second-order valence-electron chi connectivity index (χ2n) is 5.30. The van der Waals surface area contributed by atoms with Crippen LogP contribution in [0, 0.1) is 5.92 Å². The molecule has 0 heterocycles. The molecule has 0 aromatic carbocycles. The summed E-state index contributed by atoms with van der Waals surface area (Å²) < 4.78 is 5.85. The Kier molecular flexibility index (Phi) is 5.36. The van der Waals surface area contributed by atoms with Gasteiger partial charge < -0.3 is 4.43 Å². The van der Waals surface area contributed by atoms with E-state index in [1.54, 1.807) is 0 Å². The van der Waals surface area contributed by atoms with Crippen LogP contribution < -0.4 is 0 Å². The average molecular weight is 204 g/mol. The summed E-state index contributed by atoms with van der Waals surface area (Å²) in [5, 5.41) is 0. The third-order valence-electron chi connectivity index (χ3n) is 1.61. The van der Waals surface area contributed by atoms with Gasteiger partial charge in [-0.05, 0) is 18.1 Å². The summed E-state index contributed by atoms with van der Waals surface area (Å²) in [7, 11) is -1.68. The Bertz CT molecular complexity index is 118. The lowest BCUT2D eigenvalue weighted by atomic mass is 10.2. The van der Waals surface area contributed by atoms with Crippen LogP contribution in [-0.4, -0.2) is 23.7 Å². The molecule has 0 spiro atoms. The molecule has 12 heavy (non-hydrogen) atoms. The smallest absolute Gasteiger partial charge is 0.171 e. The molecule has 0 fully saturated rings. The van der Waals surface area contributed by atoms with Gasteiger partial charge in [0.25, 0.3) is 0 Å². The minimum atomic E-state index is -0.856. The van der Waals surface area contributed by atoms with Gasteiger partial charge in [-0.15, -0.1) is 0 Å². The molecule has 0 aliphatic rings. The lowest BCUT2D eigenvalue weighted by molar-refractivity contribution is 0.275. The first-order chi connectivity index (χ1) is 5.31. The maximum absolute atomic E-state index is 5.85. The van der Waals surface area contributed by atoms with E-state index < -0.39 is 17.1 Å². The fourth-order valence-electron chi connectivity index (χ4n) is 1.28. The van der Waals surface area contributed by atoms with Gasteiger partial charge in [0.15, 0.2) is 9.04 Å². The van der Waals surface area contributed by atoms with E-state index in [-0.39, 0.29) is 0 Å². The van der Waals surface area contributed by atoms with Crippen molar-refractivity contribution in [3.63, 3.8) is 0 Å². The molecule has 1 nitrogen and oxygen atoms in total. The molecule has 0 aromatic rings. The molecule has 0 aliphatic heterocycles. The van der Waals surface area contributed by atoms with Crippen molar-refractivity contribution in [1.82, 2.24) is 0 Å². The van der Waals surface area contributed by atoms with Crippen LogP contribution in [0.15, 0.2) is 0 Å². The zero-order valence-corrected chi connectivity index (χ0v) is 11.6. The van der Waals surface area contributed by atoms with Crippen molar-refractivity contribution < 1.29 is 4.43 Å². The predicted octanol–water partition coefficient (Wildman–Crippen LogP) is 2.89. The van der Waals surface area contributed by atoms with Crippen LogP contribution in [0.3, 0.4) is 0 Å². The second kappa shape index (κ2) is 5.19. The van der Waals surface area contributed by atoms with Crippen LogP contribution in [0.4, 0.5) is 0 Å². The summed E-state index contributed by atoms with van der Waals surface area (Å²) in [5.41, 5.74) is 1.42. The van der Waals surface area contributed by atoms with Crippen molar-refractivity contribution in [2.45, 2.75) is 45.7 Å². The summed E-state index contributed by atoms with van der Waals surface area (Å²) >= 11 is 0. The van der Waals surface area contributed by atoms with Crippen LogP contribution in [0.5, 0.6) is 0 Å². The maximum Gasteiger partial charge on any atom is 0.171 e. The van der Waals surface area contributed by atoms with Crippen molar-refractivity contribution in [3.05, 3.63) is 0 Å². The van der Waals surface area contributed by atoms with Crippen molar-refractivity contribution in [3.8, 4) is 0 Å². The van der Waals surface area contributed by atoms with Gasteiger partial charge in [0, 0.05) is 14.7 Å². The van der Waals surface area contributed by atoms with E-state index in [4.69, 9.17) is 4.43 Å². The summed E-state index contributed by atoms with van der Waals surface area (Å²) in [6.07, 6.45) is 0. The van der Waals surface area contributed by atoms with E-state index in [1.165, 1.54) is 5.67 Å². The number of hydrogen-bond acceptors (Lipinski definition) is 1. The molecule has 0 saturated heterocycles. The molecule has 0 amide bonds. The van der Waals surface area contributed by atoms with Gasteiger partial charge in [0.1, 0.15) is 0 Å². The maximum atomic E-state index is 5.85. The molecular weight excluding hydrogens is 180 g/mol. The van der Waals surface area contributed by atoms with Gasteiger partial charge >= 0.3 is 0 Å². The molecule has 74 valence electrons. The normalized spacial score (nSPS) is 15.2. The van der Waals surface area contributed by atoms with Crippen LogP contribution in [0.25, 0.3) is 0 Å². The highest BCUT2D eigenvalue weighted by Gasteiger charge is 2.19. The SMILES string of the molecule is CC(C)CO[SiH](C)C[Si](C)(C)C. The Balaban J connectivity index is 3.53. The third-order valence-corrected chi connectivity index (χ3v) is 9.57. The van der Waals surface area contributed by atoms with Crippen molar-refractivity contribution in [2.75, 3.05) is 6.61 Å². The van der Waals surface area contributed by atoms with Crippen LogP contribution in [0.2, 0.25) is 31.9 Å². The van der Waals surface area contributed by atoms with Crippen molar-refractivity contribution in [2.24, 2.45) is 5.92 Å². The Morgan fingerprint density at radius 3 is 2.08 bits per heavy atom. The highest BCUT2D eigenvalue weighted by molar-refractivity contribution is 6.85. The average Bonchev–Trinajstić information content (AvgIpc) is 1.79. The lowest BCUT2D eigenvalue weighted by Crippen LogP contribution is -2.30. The molecule has 1 unspecified atom stereocenters. The van der Waals surface area contributed by atoms with E-state index in [2.05, 4.69) is 40.0 Å². The molecule has 3 heteroatoms. The molecule has 0 radical (unpaired) electrons. The van der Waals surface area contributed by atoms with Gasteiger partial charge in [-0.1, -0.05) is 33.5 Å². The van der Waals surface area contributed by atoms with E-state index in [0.717, 1.165) is 6.61 Å². The molecular formula is C9H24OSi2. The zero-order chi connectivity index (χ0) is 9.78. The first-order valence-corrected chi connectivity index (χ1v) is 11.1. The third kappa shape index (κ3) is 8.49. The van der Waals surface area contributed by atoms with Crippen LogP contribution >= 0.6 is 0 Å². The largest absolute Gasteiger partial charge is 0.420 e. The van der Waals surface area contributed by atoms with Crippen molar-refractivity contribution in [1.29, 1.82) is 0 Å². The predicted molar refractivity (Wildman–Crippen MR) is 62.0 cm³/mol. The molecule has 0 rings (SSSR count). The summed E-state index contributed by atoms with van der Waals surface area (Å²) in [4.78, 5) is 0. The van der Waals surface area contributed by atoms with E-state index in [0.29, 0.717) is 5.92 Å². The molecule has 1 atom stereocenters. The fourth-order valence-corrected chi connectivity index (χ4v) is 9.36. The van der Waals surface area contributed by atoms with Gasteiger partial charge in [-0.25, -0.2) is 0 Å². The van der Waals surface area contributed by atoms with Crippen molar-refractivity contribution >= 4 is 17.1 Å². The van der Waals surface area contributed by atoms with Crippen LogP contribution in [-0.2, 0) is 4.43 Å². The summed E-state index contributed by atoms with van der Waals surface area (Å²) in [6.45, 7) is 15.0. The minimum absolute atomic E-state index is 0.696. The molecule has 0 saturated carbocycles. The molecule has 0 bridgehead atoms. The Labute approximate surface area is 80.3 Å². The van der Waals surface area contributed by atoms with Gasteiger partial charge in [-0.3, -0.25) is 0 Å². The van der Waals surface area contributed by atoms with E-state index >= 15 is 0 Å². The van der Waals surface area contributed by atoms with E-state index in [1.807, 2.05) is 0 Å². The topological polar surface area (TPSA) is 9.23 Å². The summed E-state index contributed by atoms with van der Waals surface area (Å²) in [5.74, 6) is 0.696. The number of rotatable bonds is 5. The highest BCUT2D eigenvalue weighted by Crippen LogP contribution is 2.11. The highest BCUT2D eigenvalue weighted by atomic mass is 28.4. The first-order valence-electron chi connectivity index (χ1n) is 4.93. The van der Waals surface area contributed by atoms with Gasteiger partial charge in [-0.2, -0.15) is 0 Å². The zero-order valence-electron chi connectivity index (χ0n) is 9.48. The molecule has 0 N–H and O–H groups in total. The minimum Gasteiger partial charge on any atom is -0.420 e. The monoisotopic (exact) mass is 204 g/mol. The Morgan fingerprint density at radius 2 is 1.75 bits per heavy atom. The Hall–Kier alpha value is 0.394. The Morgan fingerprint density at radius 1 is 1.25 bits per heavy atom. The number of hydrogen-bond donors (Lipinski definition) is 0. The van der Waals surface area contributed by atoms with Crippen LogP contribution in [0.1, 0.15) is 13.8 Å². The van der Waals surface area contributed by atoms with E-state index in [9.17, 15) is 0 Å². The summed E-state index contributed by atoms with van der Waals surface area (Å²) in [6, 6.07) is 0.